The Kier molecular flexibility index (Phi) is 5.32. The molecule has 3 aromatic rings. The molecule has 0 saturated carbocycles. The molecular formula is C21H22O3. The van der Waals surface area contributed by atoms with Crippen LogP contribution < -0.4 is 4.74 Å². The summed E-state index contributed by atoms with van der Waals surface area (Å²) in [6.45, 7) is 2.60. The lowest BCUT2D eigenvalue weighted by Crippen LogP contribution is -2.02. The van der Waals surface area contributed by atoms with E-state index in [0.29, 0.717) is 13.2 Å². The third kappa shape index (κ3) is 3.85. The van der Waals surface area contributed by atoms with Gasteiger partial charge in [0.2, 0.25) is 0 Å². The molecule has 0 aliphatic heterocycles. The maximum absolute atomic E-state index is 10.7. The number of carbonyl (C=O) groups excluding carboxylic acids is 1. The van der Waals surface area contributed by atoms with Gasteiger partial charge in [-0.15, -0.1) is 0 Å². The third-order valence-electron chi connectivity index (χ3n) is 4.08. The number of hydrogen-bond donors (Lipinski definition) is 0. The van der Waals surface area contributed by atoms with E-state index >= 15 is 0 Å². The molecule has 124 valence electrons. The summed E-state index contributed by atoms with van der Waals surface area (Å²) >= 11 is 0. The Labute approximate surface area is 142 Å². The van der Waals surface area contributed by atoms with Gasteiger partial charge in [0.15, 0.2) is 0 Å². The van der Waals surface area contributed by atoms with Crippen molar-refractivity contribution in [2.24, 2.45) is 0 Å². The molecule has 0 aliphatic carbocycles. The van der Waals surface area contributed by atoms with Crippen LogP contribution >= 0.6 is 0 Å². The first-order chi connectivity index (χ1) is 11.8. The average Bonchev–Trinajstić information content (AvgIpc) is 2.60. The summed E-state index contributed by atoms with van der Waals surface area (Å²) in [4.78, 5) is 10.7. The molecule has 0 aromatic heterocycles. The standard InChI is InChI=1S/C21H22O3/c1-16(22)23-13-7-2-8-14-24-21-15-17-9-3-4-10-18(17)19-11-5-6-12-20(19)21/h3-6,9-12,15H,2,7-8,13-14H2,1H3. The minimum Gasteiger partial charge on any atom is -0.493 e. The van der Waals surface area contributed by atoms with Gasteiger partial charge in [-0.2, -0.15) is 0 Å². The number of hydrogen-bond acceptors (Lipinski definition) is 3. The van der Waals surface area contributed by atoms with Crippen LogP contribution in [0.4, 0.5) is 0 Å². The predicted molar refractivity (Wildman–Crippen MR) is 97.4 cm³/mol. The Morgan fingerprint density at radius 1 is 0.833 bits per heavy atom. The molecule has 0 amide bonds. The lowest BCUT2D eigenvalue weighted by Gasteiger charge is -2.12. The van der Waals surface area contributed by atoms with E-state index in [-0.39, 0.29) is 5.97 Å². The molecule has 3 nitrogen and oxygen atoms in total. The normalized spacial score (nSPS) is 10.9. The molecule has 0 heterocycles. The molecule has 0 aliphatic rings. The van der Waals surface area contributed by atoms with Crippen LogP contribution in [0.2, 0.25) is 0 Å². The van der Waals surface area contributed by atoms with Gasteiger partial charge in [-0.1, -0.05) is 48.5 Å². The van der Waals surface area contributed by atoms with E-state index in [9.17, 15) is 4.79 Å². The molecule has 3 aromatic carbocycles. The van der Waals surface area contributed by atoms with Gasteiger partial charge < -0.3 is 9.47 Å². The Morgan fingerprint density at radius 3 is 2.29 bits per heavy atom. The summed E-state index contributed by atoms with van der Waals surface area (Å²) in [5.74, 6) is 0.721. The average molecular weight is 322 g/mol. The van der Waals surface area contributed by atoms with Crippen LogP contribution in [0.3, 0.4) is 0 Å². The Bertz CT molecular complexity index is 839. The van der Waals surface area contributed by atoms with Crippen LogP contribution in [0.5, 0.6) is 5.75 Å². The van der Waals surface area contributed by atoms with E-state index in [2.05, 4.69) is 48.5 Å². The molecule has 0 fully saturated rings. The lowest BCUT2D eigenvalue weighted by molar-refractivity contribution is -0.141. The lowest BCUT2D eigenvalue weighted by atomic mass is 10.0. The topological polar surface area (TPSA) is 35.5 Å². The summed E-state index contributed by atoms with van der Waals surface area (Å²) in [5.41, 5.74) is 0. The van der Waals surface area contributed by atoms with Crippen molar-refractivity contribution >= 4 is 27.5 Å². The zero-order valence-electron chi connectivity index (χ0n) is 14.0. The SMILES string of the molecule is CC(=O)OCCCCCOc1cc2ccccc2c2ccccc12. The molecule has 0 N–H and O–H groups in total. The molecule has 0 saturated heterocycles. The second kappa shape index (κ2) is 7.82. The summed E-state index contributed by atoms with van der Waals surface area (Å²) in [6.07, 6.45) is 2.81. The van der Waals surface area contributed by atoms with Crippen LogP contribution in [0.1, 0.15) is 26.2 Å². The van der Waals surface area contributed by atoms with Crippen molar-refractivity contribution in [3.05, 3.63) is 54.6 Å². The molecular weight excluding hydrogens is 300 g/mol. The summed E-state index contributed by atoms with van der Waals surface area (Å²) in [5, 5.41) is 4.82. The molecule has 0 spiro atoms. The quantitative estimate of drug-likeness (QED) is 0.345. The number of rotatable bonds is 7. The van der Waals surface area contributed by atoms with Crippen molar-refractivity contribution < 1.29 is 14.3 Å². The predicted octanol–water partition coefficient (Wildman–Crippen LogP) is 5.11. The zero-order valence-corrected chi connectivity index (χ0v) is 14.0. The van der Waals surface area contributed by atoms with E-state index in [1.807, 2.05) is 6.07 Å². The minimum atomic E-state index is -0.214. The van der Waals surface area contributed by atoms with Crippen molar-refractivity contribution in [3.63, 3.8) is 0 Å². The van der Waals surface area contributed by atoms with Crippen molar-refractivity contribution in [2.45, 2.75) is 26.2 Å². The van der Waals surface area contributed by atoms with Gasteiger partial charge in [0, 0.05) is 12.3 Å². The van der Waals surface area contributed by atoms with Crippen LogP contribution in [0.25, 0.3) is 21.5 Å². The molecule has 0 bridgehead atoms. The van der Waals surface area contributed by atoms with Crippen LogP contribution in [0.15, 0.2) is 54.6 Å². The highest BCUT2D eigenvalue weighted by Gasteiger charge is 2.06. The molecule has 0 unspecified atom stereocenters. The van der Waals surface area contributed by atoms with Crippen molar-refractivity contribution in [1.29, 1.82) is 0 Å². The van der Waals surface area contributed by atoms with E-state index in [1.165, 1.54) is 23.1 Å². The van der Waals surface area contributed by atoms with Crippen LogP contribution in [-0.4, -0.2) is 19.2 Å². The molecule has 3 heteroatoms. The van der Waals surface area contributed by atoms with Crippen molar-refractivity contribution in [2.75, 3.05) is 13.2 Å². The van der Waals surface area contributed by atoms with E-state index < -0.39 is 0 Å². The van der Waals surface area contributed by atoms with Gasteiger partial charge in [0.05, 0.1) is 13.2 Å². The Morgan fingerprint density at radius 2 is 1.50 bits per heavy atom. The second-order valence-electron chi connectivity index (χ2n) is 5.89. The van der Waals surface area contributed by atoms with Gasteiger partial charge in [0.1, 0.15) is 5.75 Å². The fraction of sp³-hybridized carbons (Fsp3) is 0.286. The first-order valence-corrected chi connectivity index (χ1v) is 8.42. The van der Waals surface area contributed by atoms with Crippen LogP contribution in [-0.2, 0) is 9.53 Å². The van der Waals surface area contributed by atoms with Crippen molar-refractivity contribution in [1.82, 2.24) is 0 Å². The minimum absolute atomic E-state index is 0.214. The largest absolute Gasteiger partial charge is 0.493 e. The molecule has 0 radical (unpaired) electrons. The highest BCUT2D eigenvalue weighted by molar-refractivity contribution is 6.10. The first kappa shape index (κ1) is 16.3. The second-order valence-corrected chi connectivity index (χ2v) is 5.89. The Balaban J connectivity index is 1.67. The summed E-state index contributed by atoms with van der Waals surface area (Å²) in [7, 11) is 0. The number of benzene rings is 3. The summed E-state index contributed by atoms with van der Waals surface area (Å²) in [6, 6.07) is 18.9. The van der Waals surface area contributed by atoms with Gasteiger partial charge >= 0.3 is 5.97 Å². The maximum atomic E-state index is 10.7. The van der Waals surface area contributed by atoms with E-state index in [1.54, 1.807) is 0 Å². The monoisotopic (exact) mass is 322 g/mol. The van der Waals surface area contributed by atoms with E-state index in [0.717, 1.165) is 30.4 Å². The number of esters is 1. The number of carbonyl (C=O) groups is 1. The fourth-order valence-corrected chi connectivity index (χ4v) is 2.92. The van der Waals surface area contributed by atoms with Gasteiger partial charge in [0.25, 0.3) is 0 Å². The molecule has 24 heavy (non-hydrogen) atoms. The van der Waals surface area contributed by atoms with Gasteiger partial charge in [-0.05, 0) is 41.5 Å². The van der Waals surface area contributed by atoms with Crippen molar-refractivity contribution in [3.8, 4) is 5.75 Å². The molecule has 0 atom stereocenters. The van der Waals surface area contributed by atoms with Gasteiger partial charge in [-0.3, -0.25) is 4.79 Å². The highest BCUT2D eigenvalue weighted by atomic mass is 16.5. The Hall–Kier alpha value is -2.55. The number of unbranched alkanes of at least 4 members (excludes halogenated alkanes) is 2. The highest BCUT2D eigenvalue weighted by Crippen LogP contribution is 2.33. The number of ether oxygens (including phenoxy) is 2. The smallest absolute Gasteiger partial charge is 0.302 e. The molecule has 3 rings (SSSR count). The maximum Gasteiger partial charge on any atom is 0.302 e. The van der Waals surface area contributed by atoms with E-state index in [4.69, 9.17) is 9.47 Å². The fourth-order valence-electron chi connectivity index (χ4n) is 2.92. The van der Waals surface area contributed by atoms with Crippen LogP contribution in [0, 0.1) is 0 Å². The first-order valence-electron chi connectivity index (χ1n) is 8.42. The summed E-state index contributed by atoms with van der Waals surface area (Å²) < 4.78 is 11.0. The van der Waals surface area contributed by atoms with Gasteiger partial charge in [-0.25, -0.2) is 0 Å². The zero-order chi connectivity index (χ0) is 16.8. The third-order valence-corrected chi connectivity index (χ3v) is 4.08. The number of fused-ring (bicyclic) bond motifs is 3.